The van der Waals surface area contributed by atoms with Crippen LogP contribution in [0, 0.1) is 5.82 Å². The van der Waals surface area contributed by atoms with Gasteiger partial charge in [-0.3, -0.25) is 4.90 Å². The van der Waals surface area contributed by atoms with E-state index in [0.29, 0.717) is 28.1 Å². The molecule has 0 saturated carbocycles. The quantitative estimate of drug-likeness (QED) is 0.492. The fraction of sp³-hybridized carbons (Fsp3) is 0.231. The monoisotopic (exact) mass is 428 g/mol. The standard InChI is InChI=1S/C26H25FN4O/c1-30(20-13-14-31(17-20)16-18-7-3-2-4-8-18)26-22-15-19(27)11-12-23(22)28-25(29-26)21-9-5-6-10-24(21)32/h2-12,15,20,32H,13-14,16-17H2,1H3. The lowest BCUT2D eigenvalue weighted by Gasteiger charge is -2.27. The number of halogens is 1. The Morgan fingerprint density at radius 3 is 2.62 bits per heavy atom. The van der Waals surface area contributed by atoms with Crippen molar-refractivity contribution in [3.8, 4) is 17.1 Å². The molecule has 0 amide bonds. The van der Waals surface area contributed by atoms with Crippen molar-refractivity contribution in [2.45, 2.75) is 19.0 Å². The minimum absolute atomic E-state index is 0.123. The Hall–Kier alpha value is -3.51. The van der Waals surface area contributed by atoms with Crippen LogP contribution >= 0.6 is 0 Å². The first-order chi connectivity index (χ1) is 15.6. The SMILES string of the molecule is CN(c1nc(-c2ccccc2O)nc2ccc(F)cc12)C1CCN(Cc2ccccc2)C1. The van der Waals surface area contributed by atoms with Crippen LogP contribution in [0.1, 0.15) is 12.0 Å². The summed E-state index contributed by atoms with van der Waals surface area (Å²) in [6, 6.07) is 22.3. The lowest BCUT2D eigenvalue weighted by atomic mass is 10.1. The van der Waals surface area contributed by atoms with Gasteiger partial charge in [-0.05, 0) is 42.3 Å². The van der Waals surface area contributed by atoms with Gasteiger partial charge in [0.1, 0.15) is 17.4 Å². The number of phenols is 1. The van der Waals surface area contributed by atoms with E-state index >= 15 is 0 Å². The summed E-state index contributed by atoms with van der Waals surface area (Å²) < 4.78 is 14.1. The summed E-state index contributed by atoms with van der Waals surface area (Å²) in [6.45, 7) is 2.80. The molecule has 1 aliphatic rings. The number of likely N-dealkylation sites (N-methyl/N-ethyl adjacent to an activating group) is 1. The van der Waals surface area contributed by atoms with Gasteiger partial charge < -0.3 is 10.0 Å². The number of rotatable bonds is 5. The molecular formula is C26H25FN4O. The van der Waals surface area contributed by atoms with Gasteiger partial charge in [0, 0.05) is 38.1 Å². The van der Waals surface area contributed by atoms with Gasteiger partial charge in [0.15, 0.2) is 5.82 Å². The maximum absolute atomic E-state index is 14.1. The molecule has 1 N–H and O–H groups in total. The molecule has 1 fully saturated rings. The van der Waals surface area contributed by atoms with Gasteiger partial charge in [0.2, 0.25) is 0 Å². The van der Waals surface area contributed by atoms with Crippen LogP contribution in [-0.4, -0.2) is 46.2 Å². The first-order valence-corrected chi connectivity index (χ1v) is 10.8. The zero-order valence-corrected chi connectivity index (χ0v) is 17.9. The normalized spacial score (nSPS) is 16.5. The molecule has 1 aromatic heterocycles. The van der Waals surface area contributed by atoms with E-state index in [9.17, 15) is 9.50 Å². The van der Waals surface area contributed by atoms with Crippen molar-refractivity contribution >= 4 is 16.7 Å². The van der Waals surface area contributed by atoms with Crippen LogP contribution in [0.15, 0.2) is 72.8 Å². The van der Waals surface area contributed by atoms with Gasteiger partial charge in [-0.15, -0.1) is 0 Å². The predicted octanol–water partition coefficient (Wildman–Crippen LogP) is 4.85. The smallest absolute Gasteiger partial charge is 0.165 e. The number of fused-ring (bicyclic) bond motifs is 1. The van der Waals surface area contributed by atoms with E-state index in [1.165, 1.54) is 17.7 Å². The van der Waals surface area contributed by atoms with E-state index in [0.717, 1.165) is 26.1 Å². The van der Waals surface area contributed by atoms with Gasteiger partial charge in [-0.2, -0.15) is 0 Å². The van der Waals surface area contributed by atoms with Crippen LogP contribution in [0.25, 0.3) is 22.3 Å². The number of aromatic nitrogens is 2. The van der Waals surface area contributed by atoms with E-state index in [-0.39, 0.29) is 17.6 Å². The Morgan fingerprint density at radius 2 is 1.81 bits per heavy atom. The minimum Gasteiger partial charge on any atom is -0.507 e. The van der Waals surface area contributed by atoms with Crippen molar-refractivity contribution < 1.29 is 9.50 Å². The highest BCUT2D eigenvalue weighted by atomic mass is 19.1. The maximum Gasteiger partial charge on any atom is 0.165 e. The second kappa shape index (κ2) is 8.55. The second-order valence-corrected chi connectivity index (χ2v) is 8.32. The van der Waals surface area contributed by atoms with E-state index in [2.05, 4.69) is 39.0 Å². The van der Waals surface area contributed by atoms with Crippen molar-refractivity contribution in [1.82, 2.24) is 14.9 Å². The molecule has 162 valence electrons. The number of hydrogen-bond donors (Lipinski definition) is 1. The van der Waals surface area contributed by atoms with Crippen LogP contribution in [0.3, 0.4) is 0 Å². The third-order valence-electron chi connectivity index (χ3n) is 6.16. The number of aromatic hydroxyl groups is 1. The highest BCUT2D eigenvalue weighted by Crippen LogP contribution is 2.33. The first kappa shape index (κ1) is 20.4. The summed E-state index contributed by atoms with van der Waals surface area (Å²) in [5.41, 5.74) is 2.51. The molecule has 1 unspecified atom stereocenters. The van der Waals surface area contributed by atoms with Crippen LogP contribution in [0.2, 0.25) is 0 Å². The molecule has 5 nitrogen and oxygen atoms in total. The minimum atomic E-state index is -0.316. The number of anilines is 1. The zero-order chi connectivity index (χ0) is 22.1. The molecule has 5 rings (SSSR count). The van der Waals surface area contributed by atoms with Crippen LogP contribution in [0.5, 0.6) is 5.75 Å². The van der Waals surface area contributed by atoms with Gasteiger partial charge in [-0.25, -0.2) is 14.4 Å². The number of nitrogens with zero attached hydrogens (tertiary/aromatic N) is 4. The van der Waals surface area contributed by atoms with E-state index in [1.54, 1.807) is 24.3 Å². The number of benzene rings is 3. The molecular weight excluding hydrogens is 403 g/mol. The van der Waals surface area contributed by atoms with Crippen LogP contribution in [0.4, 0.5) is 10.2 Å². The van der Waals surface area contributed by atoms with Crippen LogP contribution in [-0.2, 0) is 6.54 Å². The average Bonchev–Trinajstić information content (AvgIpc) is 3.27. The molecule has 0 radical (unpaired) electrons. The number of hydrogen-bond acceptors (Lipinski definition) is 5. The maximum atomic E-state index is 14.1. The third-order valence-corrected chi connectivity index (χ3v) is 6.16. The van der Waals surface area contributed by atoms with Crippen molar-refractivity contribution in [2.24, 2.45) is 0 Å². The largest absolute Gasteiger partial charge is 0.507 e. The summed E-state index contributed by atoms with van der Waals surface area (Å²) in [5.74, 6) is 0.920. The summed E-state index contributed by atoms with van der Waals surface area (Å²) in [6.07, 6.45) is 0.996. The molecule has 0 aliphatic carbocycles. The molecule has 32 heavy (non-hydrogen) atoms. The Morgan fingerprint density at radius 1 is 1.03 bits per heavy atom. The third kappa shape index (κ3) is 4.01. The van der Waals surface area contributed by atoms with Crippen molar-refractivity contribution in [3.05, 3.63) is 84.2 Å². The zero-order valence-electron chi connectivity index (χ0n) is 17.9. The number of para-hydroxylation sites is 1. The molecule has 4 aromatic rings. The average molecular weight is 429 g/mol. The van der Waals surface area contributed by atoms with Crippen molar-refractivity contribution in [2.75, 3.05) is 25.0 Å². The summed E-state index contributed by atoms with van der Waals surface area (Å²) in [4.78, 5) is 14.0. The van der Waals surface area contributed by atoms with E-state index in [1.807, 2.05) is 19.2 Å². The van der Waals surface area contributed by atoms with E-state index < -0.39 is 0 Å². The van der Waals surface area contributed by atoms with Gasteiger partial charge >= 0.3 is 0 Å². The lowest BCUT2D eigenvalue weighted by Crippen LogP contribution is -2.35. The topological polar surface area (TPSA) is 52.5 Å². The van der Waals surface area contributed by atoms with Gasteiger partial charge in [0.25, 0.3) is 0 Å². The molecule has 3 aromatic carbocycles. The molecule has 1 aliphatic heterocycles. The van der Waals surface area contributed by atoms with Crippen LogP contribution < -0.4 is 4.90 Å². The van der Waals surface area contributed by atoms with E-state index in [4.69, 9.17) is 4.98 Å². The Bertz CT molecular complexity index is 1250. The molecule has 2 heterocycles. The summed E-state index contributed by atoms with van der Waals surface area (Å²) in [7, 11) is 2.01. The van der Waals surface area contributed by atoms with Crippen molar-refractivity contribution in [1.29, 1.82) is 0 Å². The molecule has 1 atom stereocenters. The highest BCUT2D eigenvalue weighted by molar-refractivity contribution is 5.91. The Balaban J connectivity index is 1.48. The first-order valence-electron chi connectivity index (χ1n) is 10.8. The number of phenolic OH excluding ortho intramolecular Hbond substituents is 1. The summed E-state index contributed by atoms with van der Waals surface area (Å²) in [5, 5.41) is 11.0. The highest BCUT2D eigenvalue weighted by Gasteiger charge is 2.28. The fourth-order valence-corrected chi connectivity index (χ4v) is 4.42. The van der Waals surface area contributed by atoms with Gasteiger partial charge in [-0.1, -0.05) is 42.5 Å². The summed E-state index contributed by atoms with van der Waals surface area (Å²) >= 11 is 0. The molecule has 6 heteroatoms. The molecule has 0 bridgehead atoms. The van der Waals surface area contributed by atoms with Crippen molar-refractivity contribution in [3.63, 3.8) is 0 Å². The predicted molar refractivity (Wildman–Crippen MR) is 125 cm³/mol. The fourth-order valence-electron chi connectivity index (χ4n) is 4.42. The van der Waals surface area contributed by atoms with Gasteiger partial charge in [0.05, 0.1) is 11.1 Å². The Kier molecular flexibility index (Phi) is 5.45. The lowest BCUT2D eigenvalue weighted by molar-refractivity contribution is 0.326. The molecule has 0 spiro atoms. The Labute approximate surface area is 186 Å². The second-order valence-electron chi connectivity index (χ2n) is 8.32. The number of likely N-dealkylation sites (tertiary alicyclic amines) is 1. The molecule has 1 saturated heterocycles.